The number of hydrogen-bond acceptors (Lipinski definition) is 8. The van der Waals surface area contributed by atoms with E-state index in [4.69, 9.17) is 14.2 Å². The second kappa shape index (κ2) is 13.3. The number of benzene rings is 4. The molecule has 0 heterocycles. The lowest BCUT2D eigenvalue weighted by molar-refractivity contribution is 0.0728. The van der Waals surface area contributed by atoms with Crippen molar-refractivity contribution in [1.29, 1.82) is 0 Å². The highest BCUT2D eigenvalue weighted by Crippen LogP contribution is 2.29. The summed E-state index contributed by atoms with van der Waals surface area (Å²) in [5.74, 6) is 0.139. The number of carbonyl (C=O) groups is 2. The third-order valence-electron chi connectivity index (χ3n) is 5.63. The van der Waals surface area contributed by atoms with E-state index in [9.17, 15) is 18.0 Å². The van der Waals surface area contributed by atoms with Gasteiger partial charge in [-0.1, -0.05) is 18.2 Å². The standard InChI is InChI=1S/C30H27N3O7S/c1-3-39-28-19-21(9-18-27(28)40-30(35)23-12-16-25(38-2)17-13-23)20-31-32-29(34)22-10-14-24(15-11-22)33-41(36,37)26-7-5-4-6-8-26/h4-20,33H,3H2,1-2H3,(H,32,34)/b31-20-. The Morgan fingerprint density at radius 3 is 2.20 bits per heavy atom. The largest absolute Gasteiger partial charge is 0.497 e. The second-order valence-corrected chi connectivity index (χ2v) is 10.1. The van der Waals surface area contributed by atoms with Crippen molar-refractivity contribution >= 4 is 33.8 Å². The quantitative estimate of drug-likeness (QED) is 0.113. The number of nitrogens with one attached hydrogen (secondary N) is 2. The van der Waals surface area contributed by atoms with E-state index in [-0.39, 0.29) is 16.2 Å². The van der Waals surface area contributed by atoms with Gasteiger partial charge in [0.1, 0.15) is 5.75 Å². The van der Waals surface area contributed by atoms with Crippen LogP contribution in [0.15, 0.2) is 107 Å². The number of nitrogens with zero attached hydrogens (tertiary/aromatic N) is 1. The zero-order valence-electron chi connectivity index (χ0n) is 22.2. The van der Waals surface area contributed by atoms with Crippen molar-refractivity contribution in [3.8, 4) is 17.2 Å². The Kier molecular flexibility index (Phi) is 9.33. The number of hydrogen-bond donors (Lipinski definition) is 2. The highest BCUT2D eigenvalue weighted by atomic mass is 32.2. The van der Waals surface area contributed by atoms with Gasteiger partial charge in [0.05, 0.1) is 30.4 Å². The first-order valence-electron chi connectivity index (χ1n) is 12.4. The number of esters is 1. The Morgan fingerprint density at radius 1 is 0.854 bits per heavy atom. The lowest BCUT2D eigenvalue weighted by atomic mass is 10.2. The van der Waals surface area contributed by atoms with E-state index in [2.05, 4.69) is 15.2 Å². The van der Waals surface area contributed by atoms with Gasteiger partial charge in [0.15, 0.2) is 11.5 Å². The molecule has 4 aromatic rings. The molecule has 10 nitrogen and oxygen atoms in total. The molecule has 4 rings (SSSR count). The van der Waals surface area contributed by atoms with Crippen molar-refractivity contribution in [3.63, 3.8) is 0 Å². The summed E-state index contributed by atoms with van der Waals surface area (Å²) < 4.78 is 43.7. The first-order chi connectivity index (χ1) is 19.8. The average molecular weight is 574 g/mol. The Balaban J connectivity index is 1.37. The van der Waals surface area contributed by atoms with Crippen molar-refractivity contribution in [3.05, 3.63) is 114 Å². The van der Waals surface area contributed by atoms with Crippen molar-refractivity contribution in [2.24, 2.45) is 5.10 Å². The van der Waals surface area contributed by atoms with Crippen LogP contribution >= 0.6 is 0 Å². The van der Waals surface area contributed by atoms with E-state index < -0.39 is 21.9 Å². The Morgan fingerprint density at radius 2 is 1.54 bits per heavy atom. The van der Waals surface area contributed by atoms with E-state index in [0.717, 1.165) is 0 Å². The van der Waals surface area contributed by atoms with Crippen LogP contribution in [0.4, 0.5) is 5.69 Å². The molecule has 1 amide bonds. The maximum Gasteiger partial charge on any atom is 0.343 e. The molecule has 0 aromatic heterocycles. The maximum atomic E-state index is 12.6. The number of hydrazone groups is 1. The van der Waals surface area contributed by atoms with Gasteiger partial charge in [0.25, 0.3) is 15.9 Å². The monoisotopic (exact) mass is 573 g/mol. The van der Waals surface area contributed by atoms with Gasteiger partial charge in [-0.05, 0) is 91.3 Å². The molecule has 2 N–H and O–H groups in total. The predicted octanol–water partition coefficient (Wildman–Crippen LogP) is 4.88. The summed E-state index contributed by atoms with van der Waals surface area (Å²) in [4.78, 5) is 25.2. The first kappa shape index (κ1) is 28.8. The molecule has 0 radical (unpaired) electrons. The molecule has 4 aromatic carbocycles. The third-order valence-corrected chi connectivity index (χ3v) is 7.03. The minimum absolute atomic E-state index is 0.132. The fraction of sp³-hybridized carbons (Fsp3) is 0.100. The molecule has 0 unspecified atom stereocenters. The van der Waals surface area contributed by atoms with Crippen molar-refractivity contribution in [2.75, 3.05) is 18.4 Å². The molecule has 0 saturated heterocycles. The summed E-state index contributed by atoms with van der Waals surface area (Å²) >= 11 is 0. The summed E-state index contributed by atoms with van der Waals surface area (Å²) in [5, 5.41) is 3.98. The Bertz CT molecular complexity index is 1640. The van der Waals surface area contributed by atoms with Crippen molar-refractivity contribution in [2.45, 2.75) is 11.8 Å². The maximum absolute atomic E-state index is 12.6. The van der Waals surface area contributed by atoms with Crippen LogP contribution in [0.2, 0.25) is 0 Å². The molecule has 0 atom stereocenters. The normalized spacial score (nSPS) is 11.1. The number of amides is 1. The third kappa shape index (κ3) is 7.70. The van der Waals surface area contributed by atoms with Crippen LogP contribution in [0.5, 0.6) is 17.2 Å². The lowest BCUT2D eigenvalue weighted by Crippen LogP contribution is -2.18. The van der Waals surface area contributed by atoms with Gasteiger partial charge in [0, 0.05) is 11.3 Å². The molecule has 0 spiro atoms. The molecular formula is C30H27N3O7S. The summed E-state index contributed by atoms with van der Waals surface area (Å²) in [7, 11) is -2.20. The van der Waals surface area contributed by atoms with Crippen LogP contribution in [0.3, 0.4) is 0 Å². The minimum atomic E-state index is -3.74. The van der Waals surface area contributed by atoms with Crippen LogP contribution < -0.4 is 24.4 Å². The van der Waals surface area contributed by atoms with E-state index in [1.807, 2.05) is 0 Å². The van der Waals surface area contributed by atoms with Crippen molar-refractivity contribution in [1.82, 2.24) is 5.43 Å². The van der Waals surface area contributed by atoms with Crippen LogP contribution in [0, 0.1) is 0 Å². The fourth-order valence-electron chi connectivity index (χ4n) is 3.58. The molecule has 0 saturated carbocycles. The molecule has 0 fully saturated rings. The molecular weight excluding hydrogens is 546 g/mol. The van der Waals surface area contributed by atoms with Crippen LogP contribution in [-0.2, 0) is 10.0 Å². The van der Waals surface area contributed by atoms with Gasteiger partial charge in [-0.3, -0.25) is 9.52 Å². The van der Waals surface area contributed by atoms with Gasteiger partial charge < -0.3 is 14.2 Å². The molecule has 0 aliphatic carbocycles. The van der Waals surface area contributed by atoms with Gasteiger partial charge in [-0.2, -0.15) is 5.10 Å². The lowest BCUT2D eigenvalue weighted by Gasteiger charge is -2.11. The predicted molar refractivity (Wildman–Crippen MR) is 154 cm³/mol. The summed E-state index contributed by atoms with van der Waals surface area (Å²) in [5.41, 5.74) is 3.95. The summed E-state index contributed by atoms with van der Waals surface area (Å²) in [6.07, 6.45) is 1.41. The second-order valence-electron chi connectivity index (χ2n) is 8.45. The minimum Gasteiger partial charge on any atom is -0.497 e. The van der Waals surface area contributed by atoms with E-state index in [1.54, 1.807) is 67.6 Å². The van der Waals surface area contributed by atoms with Crippen LogP contribution in [-0.4, -0.2) is 40.2 Å². The topological polar surface area (TPSA) is 132 Å². The Labute approximate surface area is 237 Å². The number of rotatable bonds is 11. The van der Waals surface area contributed by atoms with E-state index in [1.165, 1.54) is 49.7 Å². The van der Waals surface area contributed by atoms with E-state index in [0.29, 0.717) is 34.9 Å². The fourth-order valence-corrected chi connectivity index (χ4v) is 4.66. The van der Waals surface area contributed by atoms with Crippen LogP contribution in [0.25, 0.3) is 0 Å². The van der Waals surface area contributed by atoms with Crippen molar-refractivity contribution < 1.29 is 32.2 Å². The van der Waals surface area contributed by atoms with Gasteiger partial charge in [0.2, 0.25) is 0 Å². The van der Waals surface area contributed by atoms with Crippen LogP contribution in [0.1, 0.15) is 33.2 Å². The number of anilines is 1. The molecule has 0 aliphatic rings. The zero-order valence-corrected chi connectivity index (χ0v) is 23.1. The molecule has 0 aliphatic heterocycles. The molecule has 41 heavy (non-hydrogen) atoms. The van der Waals surface area contributed by atoms with Gasteiger partial charge in [-0.15, -0.1) is 0 Å². The summed E-state index contributed by atoms with van der Waals surface area (Å²) in [6.45, 7) is 2.13. The Hall–Kier alpha value is -5.16. The van der Waals surface area contributed by atoms with Gasteiger partial charge >= 0.3 is 5.97 Å². The number of sulfonamides is 1. The highest BCUT2D eigenvalue weighted by molar-refractivity contribution is 7.92. The number of ether oxygens (including phenoxy) is 3. The smallest absolute Gasteiger partial charge is 0.343 e. The number of carbonyl (C=O) groups excluding carboxylic acids is 2. The highest BCUT2D eigenvalue weighted by Gasteiger charge is 2.15. The summed E-state index contributed by atoms with van der Waals surface area (Å²) in [6, 6.07) is 25.3. The van der Waals surface area contributed by atoms with E-state index >= 15 is 0 Å². The first-order valence-corrected chi connectivity index (χ1v) is 13.9. The van der Waals surface area contributed by atoms with Gasteiger partial charge in [-0.25, -0.2) is 18.6 Å². The molecule has 210 valence electrons. The molecule has 0 bridgehead atoms. The average Bonchev–Trinajstić information content (AvgIpc) is 2.99. The SMILES string of the molecule is CCOc1cc(/C=N\NC(=O)c2ccc(NS(=O)(=O)c3ccccc3)cc2)ccc1OC(=O)c1ccc(OC)cc1. The number of methoxy groups -OCH3 is 1. The zero-order chi connectivity index (χ0) is 29.2. The molecule has 11 heteroatoms.